The molecule has 1 nitrogen and oxygen atoms in total. The largest absolute Gasteiger partial charge is 0.496 e. The van der Waals surface area contributed by atoms with Crippen molar-refractivity contribution in [2.45, 2.75) is 18.2 Å². The van der Waals surface area contributed by atoms with Gasteiger partial charge in [-0.3, -0.25) is 0 Å². The van der Waals surface area contributed by atoms with Gasteiger partial charge in [0.05, 0.1) is 12.5 Å². The second-order valence-electron chi connectivity index (χ2n) is 5.23. The van der Waals surface area contributed by atoms with Crippen LogP contribution < -0.4 is 4.74 Å². The van der Waals surface area contributed by atoms with Gasteiger partial charge in [0, 0.05) is 10.0 Å². The van der Waals surface area contributed by atoms with Crippen LogP contribution in [-0.2, 0) is 12.8 Å². The molecule has 3 heteroatoms. The normalized spacial score (nSPS) is 15.9. The number of methoxy groups -OCH3 is 1. The molecule has 0 fully saturated rings. The topological polar surface area (TPSA) is 9.23 Å². The molecule has 2 aromatic carbocycles. The SMILES string of the molecule is COc1ccc(Br)cc1C(Cl)C1Cc2ccccc2C1. The van der Waals surface area contributed by atoms with E-state index in [4.69, 9.17) is 16.3 Å². The predicted octanol–water partition coefficient (Wildman–Crippen LogP) is 5.15. The first kappa shape index (κ1) is 14.0. The summed E-state index contributed by atoms with van der Waals surface area (Å²) in [6.07, 6.45) is 2.08. The van der Waals surface area contributed by atoms with E-state index in [0.29, 0.717) is 5.92 Å². The van der Waals surface area contributed by atoms with Gasteiger partial charge in [0.1, 0.15) is 5.75 Å². The van der Waals surface area contributed by atoms with E-state index in [1.165, 1.54) is 11.1 Å². The van der Waals surface area contributed by atoms with Crippen LogP contribution in [0.1, 0.15) is 22.1 Å². The Kier molecular flexibility index (Phi) is 4.04. The van der Waals surface area contributed by atoms with Gasteiger partial charge in [-0.25, -0.2) is 0 Å². The summed E-state index contributed by atoms with van der Waals surface area (Å²) in [5.41, 5.74) is 3.93. The van der Waals surface area contributed by atoms with E-state index in [1.54, 1.807) is 7.11 Å². The molecule has 0 aromatic heterocycles. The van der Waals surface area contributed by atoms with Crippen LogP contribution in [-0.4, -0.2) is 7.11 Å². The fourth-order valence-corrected chi connectivity index (χ4v) is 3.70. The third kappa shape index (κ3) is 2.59. The number of alkyl halides is 1. The Morgan fingerprint density at radius 3 is 2.40 bits per heavy atom. The maximum absolute atomic E-state index is 6.76. The summed E-state index contributed by atoms with van der Waals surface area (Å²) in [4.78, 5) is 0. The standard InChI is InChI=1S/C17H16BrClO/c1-20-16-7-6-14(18)10-15(16)17(19)13-8-11-4-2-3-5-12(11)9-13/h2-7,10,13,17H,8-9H2,1H3. The zero-order valence-electron chi connectivity index (χ0n) is 11.3. The van der Waals surface area contributed by atoms with E-state index in [-0.39, 0.29) is 5.38 Å². The summed E-state index contributed by atoms with van der Waals surface area (Å²) in [6, 6.07) is 14.6. The number of halogens is 2. The van der Waals surface area contributed by atoms with E-state index in [2.05, 4.69) is 46.3 Å². The Morgan fingerprint density at radius 1 is 1.15 bits per heavy atom. The van der Waals surface area contributed by atoms with Crippen molar-refractivity contribution in [3.8, 4) is 5.75 Å². The highest BCUT2D eigenvalue weighted by Gasteiger charge is 2.29. The minimum atomic E-state index is -0.0325. The van der Waals surface area contributed by atoms with Gasteiger partial charge in [-0.2, -0.15) is 0 Å². The molecule has 2 aromatic rings. The molecule has 1 atom stereocenters. The number of ether oxygens (including phenoxy) is 1. The molecular formula is C17H16BrClO. The summed E-state index contributed by atoms with van der Waals surface area (Å²) < 4.78 is 6.49. The summed E-state index contributed by atoms with van der Waals surface area (Å²) >= 11 is 10.3. The monoisotopic (exact) mass is 350 g/mol. The van der Waals surface area contributed by atoms with Crippen molar-refractivity contribution in [2.24, 2.45) is 5.92 Å². The molecular weight excluding hydrogens is 336 g/mol. The number of rotatable bonds is 3. The van der Waals surface area contributed by atoms with E-state index in [1.807, 2.05) is 12.1 Å². The van der Waals surface area contributed by atoms with Gasteiger partial charge in [0.2, 0.25) is 0 Å². The lowest BCUT2D eigenvalue weighted by Crippen LogP contribution is -2.09. The first-order chi connectivity index (χ1) is 9.69. The van der Waals surface area contributed by atoms with Crippen LogP contribution in [0, 0.1) is 5.92 Å². The number of fused-ring (bicyclic) bond motifs is 1. The first-order valence-corrected chi connectivity index (χ1v) is 7.96. The third-order valence-corrected chi connectivity index (χ3v) is 5.07. The molecule has 0 saturated carbocycles. The van der Waals surface area contributed by atoms with Crippen molar-refractivity contribution < 1.29 is 4.74 Å². The highest BCUT2D eigenvalue weighted by Crippen LogP contribution is 2.42. The Labute approximate surface area is 133 Å². The van der Waals surface area contributed by atoms with E-state index >= 15 is 0 Å². The molecule has 104 valence electrons. The van der Waals surface area contributed by atoms with Crippen molar-refractivity contribution in [3.63, 3.8) is 0 Å². The molecule has 3 rings (SSSR count). The minimum absolute atomic E-state index is 0.0325. The quantitative estimate of drug-likeness (QED) is 0.695. The molecule has 0 N–H and O–H groups in total. The van der Waals surface area contributed by atoms with Crippen molar-refractivity contribution in [3.05, 3.63) is 63.6 Å². The predicted molar refractivity (Wildman–Crippen MR) is 86.6 cm³/mol. The molecule has 0 saturated heterocycles. The van der Waals surface area contributed by atoms with Gasteiger partial charge in [-0.15, -0.1) is 11.6 Å². The van der Waals surface area contributed by atoms with E-state index in [0.717, 1.165) is 28.6 Å². The number of benzene rings is 2. The average molecular weight is 352 g/mol. The second-order valence-corrected chi connectivity index (χ2v) is 6.61. The molecule has 0 amide bonds. The van der Waals surface area contributed by atoms with Crippen LogP contribution in [0.25, 0.3) is 0 Å². The van der Waals surface area contributed by atoms with Crippen molar-refractivity contribution >= 4 is 27.5 Å². The van der Waals surface area contributed by atoms with Crippen LogP contribution in [0.3, 0.4) is 0 Å². The molecule has 1 unspecified atom stereocenters. The van der Waals surface area contributed by atoms with Gasteiger partial charge in [-0.05, 0) is 48.1 Å². The second kappa shape index (κ2) is 5.79. The molecule has 0 radical (unpaired) electrons. The smallest absolute Gasteiger partial charge is 0.123 e. The molecule has 1 aliphatic carbocycles. The molecule has 0 bridgehead atoms. The number of hydrogen-bond acceptors (Lipinski definition) is 1. The zero-order valence-corrected chi connectivity index (χ0v) is 13.6. The van der Waals surface area contributed by atoms with Crippen LogP contribution >= 0.6 is 27.5 Å². The molecule has 0 spiro atoms. The molecule has 1 aliphatic rings. The lowest BCUT2D eigenvalue weighted by atomic mass is 9.95. The highest BCUT2D eigenvalue weighted by atomic mass is 79.9. The first-order valence-electron chi connectivity index (χ1n) is 6.73. The lowest BCUT2D eigenvalue weighted by Gasteiger charge is -2.20. The highest BCUT2D eigenvalue weighted by molar-refractivity contribution is 9.10. The van der Waals surface area contributed by atoms with Gasteiger partial charge >= 0.3 is 0 Å². The molecule has 20 heavy (non-hydrogen) atoms. The summed E-state index contributed by atoms with van der Waals surface area (Å²) in [5, 5.41) is -0.0325. The Morgan fingerprint density at radius 2 is 1.80 bits per heavy atom. The average Bonchev–Trinajstić information content (AvgIpc) is 2.90. The van der Waals surface area contributed by atoms with E-state index in [9.17, 15) is 0 Å². The Hall–Kier alpha value is -0.990. The van der Waals surface area contributed by atoms with Crippen molar-refractivity contribution in [1.82, 2.24) is 0 Å². The molecule has 0 heterocycles. The van der Waals surface area contributed by atoms with Gasteiger partial charge < -0.3 is 4.74 Å². The minimum Gasteiger partial charge on any atom is -0.496 e. The maximum atomic E-state index is 6.76. The van der Waals surface area contributed by atoms with Gasteiger partial charge in [-0.1, -0.05) is 40.2 Å². The third-order valence-electron chi connectivity index (χ3n) is 3.99. The van der Waals surface area contributed by atoms with Crippen LogP contribution in [0.4, 0.5) is 0 Å². The van der Waals surface area contributed by atoms with Crippen LogP contribution in [0.15, 0.2) is 46.9 Å². The summed E-state index contributed by atoms with van der Waals surface area (Å²) in [5.74, 6) is 1.29. The molecule has 0 aliphatic heterocycles. The Balaban J connectivity index is 1.88. The van der Waals surface area contributed by atoms with Crippen LogP contribution in [0.2, 0.25) is 0 Å². The van der Waals surface area contributed by atoms with Crippen molar-refractivity contribution in [1.29, 1.82) is 0 Å². The van der Waals surface area contributed by atoms with Crippen molar-refractivity contribution in [2.75, 3.05) is 7.11 Å². The fourth-order valence-electron chi connectivity index (χ4n) is 2.97. The van der Waals surface area contributed by atoms with Crippen LogP contribution in [0.5, 0.6) is 5.75 Å². The number of hydrogen-bond donors (Lipinski definition) is 0. The fraction of sp³-hybridized carbons (Fsp3) is 0.294. The van der Waals surface area contributed by atoms with E-state index < -0.39 is 0 Å². The lowest BCUT2D eigenvalue weighted by molar-refractivity contribution is 0.403. The maximum Gasteiger partial charge on any atom is 0.123 e. The summed E-state index contributed by atoms with van der Waals surface area (Å²) in [6.45, 7) is 0. The Bertz CT molecular complexity index is 601. The van der Waals surface area contributed by atoms with Gasteiger partial charge in [0.15, 0.2) is 0 Å². The zero-order chi connectivity index (χ0) is 14.1. The summed E-state index contributed by atoms with van der Waals surface area (Å²) in [7, 11) is 1.69. The van der Waals surface area contributed by atoms with Gasteiger partial charge in [0.25, 0.3) is 0 Å².